The van der Waals surface area contributed by atoms with Crippen LogP contribution in [0.15, 0.2) is 12.3 Å². The van der Waals surface area contributed by atoms with E-state index in [0.29, 0.717) is 11.5 Å². The summed E-state index contributed by atoms with van der Waals surface area (Å²) in [6.07, 6.45) is 1.50. The van der Waals surface area contributed by atoms with Crippen LogP contribution in [0.5, 0.6) is 0 Å². The van der Waals surface area contributed by atoms with Crippen LogP contribution in [-0.4, -0.2) is 21.8 Å². The molecule has 70 valence electrons. The topological polar surface area (TPSA) is 94.9 Å². The van der Waals surface area contributed by atoms with Crippen molar-refractivity contribution in [2.75, 3.05) is 0 Å². The van der Waals surface area contributed by atoms with Crippen molar-refractivity contribution in [3.05, 3.63) is 23.8 Å². The maximum absolute atomic E-state index is 11.4. The highest BCUT2D eigenvalue weighted by molar-refractivity contribution is 5.97. The molecule has 0 spiro atoms. The van der Waals surface area contributed by atoms with Gasteiger partial charge in [0.05, 0.1) is 12.6 Å². The summed E-state index contributed by atoms with van der Waals surface area (Å²) < 4.78 is 0. The number of ketones is 1. The molecule has 1 atom stereocenters. The standard InChI is InChI=1S/C8H12N4O/c1-5(10)8(13)6-2-3-11-7(4-9)12-6/h2-3,5H,4,9-10H2,1H3. The molecule has 1 unspecified atom stereocenters. The smallest absolute Gasteiger partial charge is 0.197 e. The van der Waals surface area contributed by atoms with Crippen LogP contribution < -0.4 is 11.5 Å². The van der Waals surface area contributed by atoms with Crippen molar-refractivity contribution in [2.24, 2.45) is 11.5 Å². The predicted molar refractivity (Wildman–Crippen MR) is 47.9 cm³/mol. The molecule has 1 aromatic rings. The lowest BCUT2D eigenvalue weighted by molar-refractivity contribution is 0.0962. The minimum Gasteiger partial charge on any atom is -0.324 e. The van der Waals surface area contributed by atoms with Gasteiger partial charge in [-0.2, -0.15) is 0 Å². The molecule has 4 N–H and O–H groups in total. The SMILES string of the molecule is CC(N)C(=O)c1ccnc(CN)n1. The summed E-state index contributed by atoms with van der Waals surface area (Å²) in [4.78, 5) is 19.2. The Morgan fingerprint density at radius 3 is 2.92 bits per heavy atom. The van der Waals surface area contributed by atoms with Gasteiger partial charge in [-0.3, -0.25) is 4.79 Å². The Morgan fingerprint density at radius 2 is 2.38 bits per heavy atom. The van der Waals surface area contributed by atoms with Crippen LogP contribution in [0.25, 0.3) is 0 Å². The number of carbonyl (C=O) groups excluding carboxylic acids is 1. The van der Waals surface area contributed by atoms with E-state index in [9.17, 15) is 4.79 Å². The number of hydrogen-bond acceptors (Lipinski definition) is 5. The zero-order valence-corrected chi connectivity index (χ0v) is 7.40. The van der Waals surface area contributed by atoms with Crippen molar-refractivity contribution in [2.45, 2.75) is 19.5 Å². The normalized spacial score (nSPS) is 12.5. The number of rotatable bonds is 3. The molecule has 5 heteroatoms. The Hall–Kier alpha value is -1.33. The molecule has 0 bridgehead atoms. The van der Waals surface area contributed by atoms with Gasteiger partial charge < -0.3 is 11.5 Å². The van der Waals surface area contributed by atoms with Crippen LogP contribution in [0.4, 0.5) is 0 Å². The van der Waals surface area contributed by atoms with Gasteiger partial charge >= 0.3 is 0 Å². The van der Waals surface area contributed by atoms with Gasteiger partial charge in [0, 0.05) is 6.20 Å². The summed E-state index contributed by atoms with van der Waals surface area (Å²) in [6, 6.07) is 0.991. The molecule has 0 saturated carbocycles. The molecule has 0 aliphatic rings. The Labute approximate surface area is 76.2 Å². The van der Waals surface area contributed by atoms with E-state index >= 15 is 0 Å². The molecule has 1 rings (SSSR count). The van der Waals surface area contributed by atoms with E-state index in [1.165, 1.54) is 12.3 Å². The largest absolute Gasteiger partial charge is 0.324 e. The highest BCUT2D eigenvalue weighted by atomic mass is 16.1. The molecule has 0 amide bonds. The molecule has 0 saturated heterocycles. The quantitative estimate of drug-likeness (QED) is 0.609. The van der Waals surface area contributed by atoms with E-state index in [0.717, 1.165) is 0 Å². The van der Waals surface area contributed by atoms with E-state index in [1.54, 1.807) is 6.92 Å². The second-order valence-corrected chi connectivity index (χ2v) is 2.72. The van der Waals surface area contributed by atoms with Gasteiger partial charge in [-0.15, -0.1) is 0 Å². The van der Waals surface area contributed by atoms with Gasteiger partial charge in [-0.05, 0) is 13.0 Å². The third kappa shape index (κ3) is 2.30. The van der Waals surface area contributed by atoms with E-state index in [1.807, 2.05) is 0 Å². The minimum atomic E-state index is -0.541. The van der Waals surface area contributed by atoms with E-state index in [-0.39, 0.29) is 12.3 Å². The summed E-state index contributed by atoms with van der Waals surface area (Å²) in [5.41, 5.74) is 11.1. The molecule has 0 aliphatic carbocycles. The Kier molecular flexibility index (Phi) is 3.05. The molecule has 1 heterocycles. The average Bonchev–Trinajstić information content (AvgIpc) is 2.16. The molecule has 0 aromatic carbocycles. The molecule has 5 nitrogen and oxygen atoms in total. The first kappa shape index (κ1) is 9.76. The van der Waals surface area contributed by atoms with Crippen LogP contribution >= 0.6 is 0 Å². The average molecular weight is 180 g/mol. The molecule has 1 aromatic heterocycles. The number of Topliss-reactive ketones (excluding diaryl/α,β-unsaturated/α-hetero) is 1. The zero-order chi connectivity index (χ0) is 9.84. The van der Waals surface area contributed by atoms with Crippen molar-refractivity contribution in [1.82, 2.24) is 9.97 Å². The fraction of sp³-hybridized carbons (Fsp3) is 0.375. The lowest BCUT2D eigenvalue weighted by atomic mass is 10.1. The fourth-order valence-corrected chi connectivity index (χ4v) is 0.868. The maximum atomic E-state index is 11.4. The van der Waals surface area contributed by atoms with Crippen molar-refractivity contribution < 1.29 is 4.79 Å². The van der Waals surface area contributed by atoms with E-state index in [4.69, 9.17) is 11.5 Å². The highest BCUT2D eigenvalue weighted by Gasteiger charge is 2.12. The third-order valence-corrected chi connectivity index (χ3v) is 1.55. The second kappa shape index (κ2) is 4.06. The number of aromatic nitrogens is 2. The van der Waals surface area contributed by atoms with E-state index in [2.05, 4.69) is 9.97 Å². The van der Waals surface area contributed by atoms with Crippen LogP contribution in [0.2, 0.25) is 0 Å². The number of nitrogens with zero attached hydrogens (tertiary/aromatic N) is 2. The van der Waals surface area contributed by atoms with Gasteiger partial charge in [0.2, 0.25) is 0 Å². The zero-order valence-electron chi connectivity index (χ0n) is 7.40. The fourth-order valence-electron chi connectivity index (χ4n) is 0.868. The highest BCUT2D eigenvalue weighted by Crippen LogP contribution is 1.98. The summed E-state index contributed by atoms with van der Waals surface area (Å²) in [5, 5.41) is 0. The van der Waals surface area contributed by atoms with Crippen molar-refractivity contribution in [3.63, 3.8) is 0 Å². The van der Waals surface area contributed by atoms with Gasteiger partial charge in [-0.1, -0.05) is 0 Å². The van der Waals surface area contributed by atoms with Crippen molar-refractivity contribution >= 4 is 5.78 Å². The van der Waals surface area contributed by atoms with Crippen molar-refractivity contribution in [3.8, 4) is 0 Å². The van der Waals surface area contributed by atoms with Gasteiger partial charge in [0.15, 0.2) is 5.78 Å². The molecular formula is C8H12N4O. The Balaban J connectivity index is 2.95. The molecule has 0 radical (unpaired) electrons. The number of carbonyl (C=O) groups is 1. The molecule has 0 aliphatic heterocycles. The Bertz CT molecular complexity index is 311. The minimum absolute atomic E-state index is 0.197. The lowest BCUT2D eigenvalue weighted by Gasteiger charge is -2.03. The summed E-state index contributed by atoms with van der Waals surface area (Å²) in [6.45, 7) is 1.84. The van der Waals surface area contributed by atoms with E-state index < -0.39 is 6.04 Å². The monoisotopic (exact) mass is 180 g/mol. The van der Waals surface area contributed by atoms with Crippen LogP contribution in [0, 0.1) is 0 Å². The molecular weight excluding hydrogens is 168 g/mol. The first-order chi connectivity index (χ1) is 6.15. The predicted octanol–water partition coefficient (Wildman–Crippen LogP) is -0.535. The lowest BCUT2D eigenvalue weighted by Crippen LogP contribution is -2.27. The van der Waals surface area contributed by atoms with Crippen LogP contribution in [0.3, 0.4) is 0 Å². The first-order valence-corrected chi connectivity index (χ1v) is 3.97. The van der Waals surface area contributed by atoms with Gasteiger partial charge in [0.25, 0.3) is 0 Å². The second-order valence-electron chi connectivity index (χ2n) is 2.72. The summed E-state index contributed by atoms with van der Waals surface area (Å²) in [5.74, 6) is 0.253. The Morgan fingerprint density at radius 1 is 1.69 bits per heavy atom. The van der Waals surface area contributed by atoms with Crippen LogP contribution in [0.1, 0.15) is 23.2 Å². The van der Waals surface area contributed by atoms with Gasteiger partial charge in [0.1, 0.15) is 11.5 Å². The summed E-state index contributed by atoms with van der Waals surface area (Å²) in [7, 11) is 0. The van der Waals surface area contributed by atoms with Gasteiger partial charge in [-0.25, -0.2) is 9.97 Å². The first-order valence-electron chi connectivity index (χ1n) is 3.97. The third-order valence-electron chi connectivity index (χ3n) is 1.55. The maximum Gasteiger partial charge on any atom is 0.197 e. The van der Waals surface area contributed by atoms with Crippen LogP contribution in [-0.2, 0) is 6.54 Å². The molecule has 13 heavy (non-hydrogen) atoms. The summed E-state index contributed by atoms with van der Waals surface area (Å²) >= 11 is 0. The number of hydrogen-bond donors (Lipinski definition) is 2. The number of nitrogens with two attached hydrogens (primary N) is 2. The molecule has 0 fully saturated rings. The van der Waals surface area contributed by atoms with Crippen molar-refractivity contribution in [1.29, 1.82) is 0 Å².